The van der Waals surface area contributed by atoms with Crippen molar-refractivity contribution in [3.63, 3.8) is 0 Å². The van der Waals surface area contributed by atoms with Crippen LogP contribution in [0.2, 0.25) is 0 Å². The van der Waals surface area contributed by atoms with Crippen LogP contribution in [0, 0.1) is 0 Å². The molecule has 0 amide bonds. The maximum Gasteiger partial charge on any atom is 0.351 e. The van der Waals surface area contributed by atoms with E-state index in [4.69, 9.17) is 17.3 Å². The molecule has 8 heteroatoms. The number of aliphatic imine (C=N–C) groups is 1. The molecule has 0 unspecified atom stereocenters. The van der Waals surface area contributed by atoms with Crippen molar-refractivity contribution in [2.75, 3.05) is 5.88 Å². The number of nitrogens with zero attached hydrogens (tertiary/aromatic N) is 4. The highest BCUT2D eigenvalue weighted by Gasteiger charge is 2.11. The van der Waals surface area contributed by atoms with Crippen LogP contribution in [-0.4, -0.2) is 25.6 Å². The largest absolute Gasteiger partial charge is 0.386 e. The van der Waals surface area contributed by atoms with E-state index >= 15 is 0 Å². The zero-order valence-corrected chi connectivity index (χ0v) is 11.8. The van der Waals surface area contributed by atoms with Crippen LogP contribution < -0.4 is 17.1 Å². The van der Waals surface area contributed by atoms with Crippen molar-refractivity contribution >= 4 is 23.1 Å². The molecule has 0 spiro atoms. The van der Waals surface area contributed by atoms with E-state index in [2.05, 4.69) is 4.99 Å². The van der Waals surface area contributed by atoms with E-state index in [1.165, 1.54) is 23.5 Å². The van der Waals surface area contributed by atoms with E-state index in [0.717, 1.165) is 4.57 Å². The molecule has 2 N–H and O–H groups in total. The maximum atomic E-state index is 12.0. The number of nitrogens with two attached hydrogens (primary N) is 1. The Hall–Kier alpha value is -2.28. The molecule has 0 aliphatic rings. The first-order valence-electron chi connectivity index (χ1n) is 5.80. The molecule has 0 bridgehead atoms. The zero-order chi connectivity index (χ0) is 14.9. The normalized spacial score (nSPS) is 11.8. The van der Waals surface area contributed by atoms with Gasteiger partial charge in [-0.3, -0.25) is 0 Å². The standard InChI is InChI=1S/C12H14ClN5O2/c1-16-11(19)18(12(20)17(16)2)9-5-3-8(4-6-9)15-10(14)7-13/h3-6H,7H2,1-2H3,(H2,14,15). The van der Waals surface area contributed by atoms with Gasteiger partial charge in [-0.05, 0) is 24.3 Å². The molecule has 0 saturated heterocycles. The fourth-order valence-electron chi connectivity index (χ4n) is 1.72. The van der Waals surface area contributed by atoms with Crippen LogP contribution in [0.3, 0.4) is 0 Å². The Morgan fingerprint density at radius 1 is 1.15 bits per heavy atom. The molecule has 0 aliphatic carbocycles. The van der Waals surface area contributed by atoms with E-state index < -0.39 is 11.4 Å². The first-order chi connectivity index (χ1) is 9.45. The van der Waals surface area contributed by atoms with E-state index in [1.807, 2.05) is 0 Å². The summed E-state index contributed by atoms with van der Waals surface area (Å²) in [5.74, 6) is 0.438. The average molecular weight is 296 g/mol. The van der Waals surface area contributed by atoms with Gasteiger partial charge in [0.05, 0.1) is 17.3 Å². The molecule has 106 valence electrons. The number of amidine groups is 1. The minimum atomic E-state index is -0.408. The summed E-state index contributed by atoms with van der Waals surface area (Å²) in [6, 6.07) is 6.58. The maximum absolute atomic E-state index is 12.0. The number of hydrogen-bond donors (Lipinski definition) is 1. The molecule has 1 heterocycles. The predicted molar refractivity (Wildman–Crippen MR) is 78.3 cm³/mol. The van der Waals surface area contributed by atoms with Crippen molar-refractivity contribution in [2.24, 2.45) is 24.8 Å². The highest BCUT2D eigenvalue weighted by Crippen LogP contribution is 2.14. The number of hydrogen-bond acceptors (Lipinski definition) is 3. The second kappa shape index (κ2) is 5.38. The first kappa shape index (κ1) is 14.1. The predicted octanol–water partition coefficient (Wildman–Crippen LogP) is 0.102. The van der Waals surface area contributed by atoms with Gasteiger partial charge >= 0.3 is 11.4 Å². The minimum absolute atomic E-state index is 0.139. The second-order valence-electron chi connectivity index (χ2n) is 4.20. The smallest absolute Gasteiger partial charge is 0.351 e. The molecule has 0 radical (unpaired) electrons. The number of alkyl halides is 1. The third-order valence-corrected chi connectivity index (χ3v) is 3.18. The van der Waals surface area contributed by atoms with Crippen LogP contribution in [0.1, 0.15) is 0 Å². The van der Waals surface area contributed by atoms with Gasteiger partial charge in [0, 0.05) is 14.1 Å². The van der Waals surface area contributed by atoms with Crippen LogP contribution in [0.4, 0.5) is 5.69 Å². The summed E-state index contributed by atoms with van der Waals surface area (Å²) < 4.78 is 3.55. The monoisotopic (exact) mass is 295 g/mol. The Bertz CT molecular complexity index is 733. The number of benzene rings is 1. The van der Waals surface area contributed by atoms with Crippen LogP contribution in [-0.2, 0) is 14.1 Å². The molecule has 20 heavy (non-hydrogen) atoms. The van der Waals surface area contributed by atoms with E-state index in [1.54, 1.807) is 24.3 Å². The lowest BCUT2D eigenvalue weighted by molar-refractivity contribution is 0.565. The summed E-state index contributed by atoms with van der Waals surface area (Å²) in [5, 5.41) is 0. The minimum Gasteiger partial charge on any atom is -0.386 e. The van der Waals surface area contributed by atoms with Crippen molar-refractivity contribution in [1.82, 2.24) is 13.9 Å². The lowest BCUT2D eigenvalue weighted by atomic mass is 10.3. The van der Waals surface area contributed by atoms with Crippen molar-refractivity contribution in [1.29, 1.82) is 0 Å². The van der Waals surface area contributed by atoms with Crippen LogP contribution >= 0.6 is 11.6 Å². The summed E-state index contributed by atoms with van der Waals surface area (Å²) in [6.07, 6.45) is 0. The zero-order valence-electron chi connectivity index (χ0n) is 11.1. The number of halogens is 1. The van der Waals surface area contributed by atoms with Crippen LogP contribution in [0.25, 0.3) is 5.69 Å². The fraction of sp³-hybridized carbons (Fsp3) is 0.250. The van der Waals surface area contributed by atoms with Crippen molar-refractivity contribution in [2.45, 2.75) is 0 Å². The van der Waals surface area contributed by atoms with Crippen molar-refractivity contribution in [3.05, 3.63) is 45.2 Å². The van der Waals surface area contributed by atoms with Gasteiger partial charge in [-0.25, -0.2) is 28.5 Å². The molecular weight excluding hydrogens is 282 g/mol. The molecule has 1 aromatic carbocycles. The van der Waals surface area contributed by atoms with Gasteiger partial charge in [-0.1, -0.05) is 0 Å². The van der Waals surface area contributed by atoms with Crippen molar-refractivity contribution < 1.29 is 0 Å². The molecule has 7 nitrogen and oxygen atoms in total. The molecule has 0 atom stereocenters. The Morgan fingerprint density at radius 3 is 2.10 bits per heavy atom. The molecule has 0 saturated carbocycles. The summed E-state index contributed by atoms with van der Waals surface area (Å²) in [4.78, 5) is 28.0. The van der Waals surface area contributed by atoms with Gasteiger partial charge in [0.15, 0.2) is 0 Å². The highest BCUT2D eigenvalue weighted by molar-refractivity contribution is 6.28. The Balaban J connectivity index is 2.49. The van der Waals surface area contributed by atoms with Gasteiger partial charge in [-0.15, -0.1) is 11.6 Å². The SMILES string of the molecule is Cn1c(=O)n(-c2ccc(N=C(N)CCl)cc2)c(=O)n1C. The second-order valence-corrected chi connectivity index (χ2v) is 4.47. The summed E-state index contributed by atoms with van der Waals surface area (Å²) in [6.45, 7) is 0. The molecule has 2 rings (SSSR count). The van der Waals surface area contributed by atoms with Gasteiger partial charge in [0.2, 0.25) is 0 Å². The van der Waals surface area contributed by atoms with E-state index in [9.17, 15) is 9.59 Å². The van der Waals surface area contributed by atoms with Gasteiger partial charge in [-0.2, -0.15) is 0 Å². The van der Waals surface area contributed by atoms with Crippen molar-refractivity contribution in [3.8, 4) is 5.69 Å². The molecular formula is C12H14ClN5O2. The highest BCUT2D eigenvalue weighted by atomic mass is 35.5. The molecule has 0 fully saturated rings. The lowest BCUT2D eigenvalue weighted by Gasteiger charge is -2.00. The Kier molecular flexibility index (Phi) is 3.80. The Labute approximate surface area is 119 Å². The summed E-state index contributed by atoms with van der Waals surface area (Å²) >= 11 is 5.54. The molecule has 2 aromatic rings. The number of rotatable bonds is 3. The summed E-state index contributed by atoms with van der Waals surface area (Å²) in [5.41, 5.74) is 5.79. The Morgan fingerprint density at radius 2 is 1.65 bits per heavy atom. The number of aromatic nitrogens is 3. The summed E-state index contributed by atoms with van der Waals surface area (Å²) in [7, 11) is 3.06. The third kappa shape index (κ3) is 2.39. The van der Waals surface area contributed by atoms with E-state index in [0.29, 0.717) is 17.2 Å². The fourth-order valence-corrected chi connectivity index (χ4v) is 1.78. The first-order valence-corrected chi connectivity index (χ1v) is 6.33. The topological polar surface area (TPSA) is 87.3 Å². The van der Waals surface area contributed by atoms with Gasteiger partial charge in [0.25, 0.3) is 0 Å². The molecule has 1 aromatic heterocycles. The third-order valence-electron chi connectivity index (χ3n) is 2.90. The quantitative estimate of drug-likeness (QED) is 0.495. The van der Waals surface area contributed by atoms with Crippen LogP contribution in [0.15, 0.2) is 38.8 Å². The average Bonchev–Trinajstić information content (AvgIpc) is 2.64. The van der Waals surface area contributed by atoms with Gasteiger partial charge in [0.1, 0.15) is 5.84 Å². The van der Waals surface area contributed by atoms with E-state index in [-0.39, 0.29) is 5.88 Å². The van der Waals surface area contributed by atoms with Gasteiger partial charge < -0.3 is 5.73 Å². The lowest BCUT2D eigenvalue weighted by Crippen LogP contribution is -2.26. The van der Waals surface area contributed by atoms with Crippen LogP contribution in [0.5, 0.6) is 0 Å². The molecule has 0 aliphatic heterocycles.